The lowest BCUT2D eigenvalue weighted by atomic mass is 10.2. The normalized spacial score (nSPS) is 11.0. The molecule has 0 saturated heterocycles. The van der Waals surface area contributed by atoms with Gasteiger partial charge in [-0.15, -0.1) is 10.2 Å². The van der Waals surface area contributed by atoms with Gasteiger partial charge in [-0.1, -0.05) is 25.6 Å². The summed E-state index contributed by atoms with van der Waals surface area (Å²) in [6.07, 6.45) is 3.46. The van der Waals surface area contributed by atoms with Crippen LogP contribution in [0.5, 0.6) is 0 Å². The maximum absolute atomic E-state index is 11.9. The third-order valence-electron chi connectivity index (χ3n) is 3.63. The van der Waals surface area contributed by atoms with Gasteiger partial charge in [-0.2, -0.15) is 0 Å². The minimum Gasteiger partial charge on any atom is -0.444 e. The van der Waals surface area contributed by atoms with Gasteiger partial charge in [-0.3, -0.25) is 9.59 Å². The van der Waals surface area contributed by atoms with Gasteiger partial charge in [0.25, 0.3) is 5.91 Å². The highest BCUT2D eigenvalue weighted by Crippen LogP contribution is 2.16. The molecule has 148 valence electrons. The molecule has 0 atom stereocenters. The van der Waals surface area contributed by atoms with Gasteiger partial charge >= 0.3 is 0 Å². The van der Waals surface area contributed by atoms with Gasteiger partial charge in [0.1, 0.15) is 5.82 Å². The molecular formula is C17H24BrN5O3S. The van der Waals surface area contributed by atoms with E-state index in [1.54, 1.807) is 17.8 Å². The van der Waals surface area contributed by atoms with E-state index in [1.807, 2.05) is 6.26 Å². The molecule has 2 rings (SSSR count). The lowest BCUT2D eigenvalue weighted by Crippen LogP contribution is -2.37. The van der Waals surface area contributed by atoms with Crippen molar-refractivity contribution in [2.75, 3.05) is 19.3 Å². The Labute approximate surface area is 171 Å². The predicted molar refractivity (Wildman–Crippen MR) is 107 cm³/mol. The van der Waals surface area contributed by atoms with E-state index < -0.39 is 5.91 Å². The lowest BCUT2D eigenvalue weighted by molar-refractivity contribution is -0.120. The third kappa shape index (κ3) is 6.69. The maximum atomic E-state index is 11.9. The summed E-state index contributed by atoms with van der Waals surface area (Å²) >= 11 is 4.71. The fourth-order valence-electron chi connectivity index (χ4n) is 2.42. The van der Waals surface area contributed by atoms with E-state index in [2.05, 4.69) is 55.2 Å². The van der Waals surface area contributed by atoms with Crippen LogP contribution in [-0.4, -0.2) is 45.9 Å². The third-order valence-corrected chi connectivity index (χ3v) is 4.72. The number of amides is 2. The number of aryl methyl sites for hydroxylation is 1. The molecule has 2 aromatic heterocycles. The van der Waals surface area contributed by atoms with E-state index >= 15 is 0 Å². The average Bonchev–Trinajstić information content (AvgIpc) is 3.22. The van der Waals surface area contributed by atoms with Crippen molar-refractivity contribution in [3.8, 4) is 0 Å². The topological polar surface area (TPSA) is 102 Å². The molecule has 27 heavy (non-hydrogen) atoms. The number of rotatable bonds is 10. The smallest absolute Gasteiger partial charge is 0.287 e. The second kappa shape index (κ2) is 10.5. The highest BCUT2D eigenvalue weighted by Gasteiger charge is 2.13. The fourth-order valence-corrected chi connectivity index (χ4v) is 3.25. The molecule has 2 N–H and O–H groups in total. The molecule has 0 fully saturated rings. The Morgan fingerprint density at radius 1 is 1.30 bits per heavy atom. The summed E-state index contributed by atoms with van der Waals surface area (Å²) in [6.45, 7) is 5.59. The molecule has 0 bridgehead atoms. The van der Waals surface area contributed by atoms with Crippen molar-refractivity contribution in [2.24, 2.45) is 5.92 Å². The molecule has 0 spiro atoms. The van der Waals surface area contributed by atoms with E-state index in [4.69, 9.17) is 4.42 Å². The van der Waals surface area contributed by atoms with Crippen molar-refractivity contribution in [1.82, 2.24) is 25.4 Å². The van der Waals surface area contributed by atoms with Gasteiger partial charge in [0.2, 0.25) is 5.91 Å². The largest absolute Gasteiger partial charge is 0.444 e. The second-order valence-electron chi connectivity index (χ2n) is 6.35. The number of aromatic nitrogens is 3. The van der Waals surface area contributed by atoms with E-state index in [0.717, 1.165) is 30.4 Å². The van der Waals surface area contributed by atoms with Gasteiger partial charge < -0.3 is 19.6 Å². The molecule has 0 radical (unpaired) electrons. The monoisotopic (exact) mass is 457 g/mol. The number of carbonyl (C=O) groups excluding carboxylic acids is 2. The molecule has 2 aromatic rings. The molecule has 2 amide bonds. The van der Waals surface area contributed by atoms with Crippen molar-refractivity contribution in [1.29, 1.82) is 0 Å². The van der Waals surface area contributed by atoms with Gasteiger partial charge in [-0.25, -0.2) is 0 Å². The van der Waals surface area contributed by atoms with Crippen molar-refractivity contribution in [2.45, 2.75) is 38.4 Å². The van der Waals surface area contributed by atoms with E-state index in [0.29, 0.717) is 17.1 Å². The zero-order valence-electron chi connectivity index (χ0n) is 15.6. The minimum absolute atomic E-state index is 0.0999. The highest BCUT2D eigenvalue weighted by molar-refractivity contribution is 9.10. The van der Waals surface area contributed by atoms with Crippen molar-refractivity contribution >= 4 is 39.5 Å². The van der Waals surface area contributed by atoms with Crippen LogP contribution in [0.15, 0.2) is 26.4 Å². The number of nitrogens with zero attached hydrogens (tertiary/aromatic N) is 3. The number of nitrogens with one attached hydrogen (secondary N) is 2. The second-order valence-corrected chi connectivity index (χ2v) is 7.90. The quantitative estimate of drug-likeness (QED) is 0.419. The van der Waals surface area contributed by atoms with Crippen molar-refractivity contribution in [3.63, 3.8) is 0 Å². The molecule has 0 saturated carbocycles. The Hall–Kier alpha value is -1.81. The molecule has 0 aromatic carbocycles. The van der Waals surface area contributed by atoms with E-state index in [1.165, 1.54) is 6.07 Å². The molecule has 0 aliphatic rings. The van der Waals surface area contributed by atoms with Gasteiger partial charge in [0, 0.05) is 19.5 Å². The summed E-state index contributed by atoms with van der Waals surface area (Å²) in [5.74, 6) is 0.913. The summed E-state index contributed by atoms with van der Waals surface area (Å²) in [5, 5.41) is 14.7. The summed E-state index contributed by atoms with van der Waals surface area (Å²) in [5.41, 5.74) is 0. The molecule has 10 heteroatoms. The van der Waals surface area contributed by atoms with Crippen LogP contribution in [0, 0.1) is 5.92 Å². The first-order chi connectivity index (χ1) is 12.9. The Morgan fingerprint density at radius 3 is 2.70 bits per heavy atom. The standard InChI is InChI=1S/C17H24BrN5O3S/c1-11(2)10-23-14(21-22-17(23)27-3)5-4-8-19-15(24)9-20-16(25)12-6-7-13(18)26-12/h6-7,11H,4-5,8-10H2,1-3H3,(H,19,24)(H,20,25). The van der Waals surface area contributed by atoms with E-state index in [9.17, 15) is 9.59 Å². The number of carbonyl (C=O) groups is 2. The number of hydrogen-bond acceptors (Lipinski definition) is 6. The SMILES string of the molecule is CSc1nnc(CCCNC(=O)CNC(=O)c2ccc(Br)o2)n1CC(C)C. The van der Waals surface area contributed by atoms with Crippen LogP contribution >= 0.6 is 27.7 Å². The summed E-state index contributed by atoms with van der Waals surface area (Å²) in [6, 6.07) is 3.16. The first-order valence-corrected chi connectivity index (χ1v) is 10.7. The van der Waals surface area contributed by atoms with Gasteiger partial charge in [0.15, 0.2) is 15.6 Å². The number of halogens is 1. The summed E-state index contributed by atoms with van der Waals surface area (Å²) < 4.78 is 7.73. The van der Waals surface area contributed by atoms with Gasteiger partial charge in [0.05, 0.1) is 6.54 Å². The average molecular weight is 458 g/mol. The highest BCUT2D eigenvalue weighted by atomic mass is 79.9. The lowest BCUT2D eigenvalue weighted by Gasteiger charge is -2.11. The summed E-state index contributed by atoms with van der Waals surface area (Å²) in [7, 11) is 0. The van der Waals surface area contributed by atoms with Crippen molar-refractivity contribution < 1.29 is 14.0 Å². The zero-order chi connectivity index (χ0) is 19.8. The van der Waals surface area contributed by atoms with Crippen LogP contribution in [0.1, 0.15) is 36.6 Å². The minimum atomic E-state index is -0.428. The van der Waals surface area contributed by atoms with Crippen LogP contribution < -0.4 is 10.6 Å². The zero-order valence-corrected chi connectivity index (χ0v) is 18.0. The molecule has 0 aliphatic heterocycles. The van der Waals surface area contributed by atoms with Crippen molar-refractivity contribution in [3.05, 3.63) is 28.4 Å². The first-order valence-electron chi connectivity index (χ1n) is 8.67. The Bertz CT molecular complexity index is 774. The Kier molecular flexibility index (Phi) is 8.36. The Morgan fingerprint density at radius 2 is 2.07 bits per heavy atom. The number of hydrogen-bond donors (Lipinski definition) is 2. The van der Waals surface area contributed by atoms with Crippen LogP contribution in [0.2, 0.25) is 0 Å². The maximum Gasteiger partial charge on any atom is 0.287 e. The van der Waals surface area contributed by atoms with Crippen LogP contribution in [0.3, 0.4) is 0 Å². The summed E-state index contributed by atoms with van der Waals surface area (Å²) in [4.78, 5) is 23.7. The fraction of sp³-hybridized carbons (Fsp3) is 0.529. The van der Waals surface area contributed by atoms with Crippen LogP contribution in [0.4, 0.5) is 0 Å². The number of furan rings is 1. The molecule has 0 unspecified atom stereocenters. The van der Waals surface area contributed by atoms with E-state index in [-0.39, 0.29) is 18.2 Å². The first kappa shape index (κ1) is 21.5. The van der Waals surface area contributed by atoms with Crippen LogP contribution in [0.25, 0.3) is 0 Å². The Balaban J connectivity index is 1.71. The molecular weight excluding hydrogens is 434 g/mol. The predicted octanol–water partition coefficient (Wildman–Crippen LogP) is 2.49. The van der Waals surface area contributed by atoms with Crippen LogP contribution in [-0.2, 0) is 17.8 Å². The molecule has 0 aliphatic carbocycles. The van der Waals surface area contributed by atoms with Gasteiger partial charge in [-0.05, 0) is 46.7 Å². The molecule has 2 heterocycles. The number of thioether (sulfide) groups is 1. The molecule has 8 nitrogen and oxygen atoms in total.